The first-order valence-corrected chi connectivity index (χ1v) is 7.44. The van der Waals surface area contributed by atoms with Gasteiger partial charge in [-0.1, -0.05) is 66.6 Å². The fourth-order valence-electron chi connectivity index (χ4n) is 2.25. The van der Waals surface area contributed by atoms with Crippen LogP contribution in [0.5, 0.6) is 0 Å². The first kappa shape index (κ1) is 14.1. The van der Waals surface area contributed by atoms with Gasteiger partial charge in [0, 0.05) is 17.7 Å². The first-order valence-electron chi connectivity index (χ1n) is 7.44. The van der Waals surface area contributed by atoms with Crippen molar-refractivity contribution < 1.29 is 0 Å². The molecule has 0 saturated heterocycles. The molecule has 0 aliphatic carbocycles. The van der Waals surface area contributed by atoms with Gasteiger partial charge >= 0.3 is 0 Å². The summed E-state index contributed by atoms with van der Waals surface area (Å²) in [6, 6.07) is 20.0. The van der Waals surface area contributed by atoms with Crippen LogP contribution in [0, 0.1) is 11.8 Å². The zero-order valence-electron chi connectivity index (χ0n) is 12.5. The maximum absolute atomic E-state index is 4.33. The molecule has 0 spiro atoms. The molecular formula is C19H17N3. The lowest BCUT2D eigenvalue weighted by molar-refractivity contribution is 0.574. The van der Waals surface area contributed by atoms with Crippen molar-refractivity contribution in [1.82, 2.24) is 15.0 Å². The average Bonchev–Trinajstić information content (AvgIpc) is 2.98. The lowest BCUT2D eigenvalue weighted by Crippen LogP contribution is -2.02. The maximum atomic E-state index is 4.33. The van der Waals surface area contributed by atoms with Gasteiger partial charge in [-0.25, -0.2) is 4.68 Å². The van der Waals surface area contributed by atoms with E-state index in [1.165, 1.54) is 0 Å². The second-order valence-corrected chi connectivity index (χ2v) is 4.99. The van der Waals surface area contributed by atoms with Gasteiger partial charge < -0.3 is 0 Å². The van der Waals surface area contributed by atoms with Crippen molar-refractivity contribution in [2.45, 2.75) is 19.9 Å². The molecule has 3 aromatic rings. The molecule has 3 rings (SSSR count). The minimum absolute atomic E-state index is 0.818. The molecule has 22 heavy (non-hydrogen) atoms. The van der Waals surface area contributed by atoms with Gasteiger partial charge in [0.2, 0.25) is 0 Å². The molecule has 0 N–H and O–H groups in total. The van der Waals surface area contributed by atoms with Crippen LogP contribution in [0.3, 0.4) is 0 Å². The van der Waals surface area contributed by atoms with Crippen LogP contribution in [0.2, 0.25) is 0 Å². The Balaban J connectivity index is 2.05. The molecule has 0 atom stereocenters. The molecule has 0 bridgehead atoms. The van der Waals surface area contributed by atoms with Gasteiger partial charge in [-0.15, -0.1) is 5.10 Å². The minimum atomic E-state index is 0.818. The highest BCUT2D eigenvalue weighted by molar-refractivity contribution is 5.65. The number of aryl methyl sites for hydroxylation is 1. The topological polar surface area (TPSA) is 30.7 Å². The third-order valence-electron chi connectivity index (χ3n) is 3.32. The van der Waals surface area contributed by atoms with E-state index in [0.29, 0.717) is 0 Å². The molecule has 0 radical (unpaired) electrons. The van der Waals surface area contributed by atoms with E-state index in [4.69, 9.17) is 0 Å². The molecule has 108 valence electrons. The highest BCUT2D eigenvalue weighted by Gasteiger charge is 2.12. The van der Waals surface area contributed by atoms with Gasteiger partial charge in [0.25, 0.3) is 0 Å². The Hall–Kier alpha value is -2.86. The fraction of sp³-hybridized carbons (Fsp3) is 0.158. The predicted molar refractivity (Wildman–Crippen MR) is 88.2 cm³/mol. The maximum Gasteiger partial charge on any atom is 0.139 e. The Morgan fingerprint density at radius 3 is 2.27 bits per heavy atom. The normalized spacial score (nSPS) is 10.0. The number of hydrogen-bond acceptors (Lipinski definition) is 2. The van der Waals surface area contributed by atoms with E-state index in [1.54, 1.807) is 0 Å². The third kappa shape index (κ3) is 3.07. The number of hydrogen-bond donors (Lipinski definition) is 0. The van der Waals surface area contributed by atoms with Crippen LogP contribution in [0.15, 0.2) is 60.7 Å². The standard InChI is InChI=1S/C19H17N3/c1-2-15-22-18(14-13-16-9-5-3-6-10-16)19(20-21-22)17-11-7-4-8-12-17/h3-12H,2,15H2,1H3. The summed E-state index contributed by atoms with van der Waals surface area (Å²) in [5, 5.41) is 8.59. The van der Waals surface area contributed by atoms with Crippen molar-refractivity contribution in [3.05, 3.63) is 71.9 Å². The largest absolute Gasteiger partial charge is 0.236 e. The van der Waals surface area contributed by atoms with Gasteiger partial charge in [-0.2, -0.15) is 0 Å². The van der Waals surface area contributed by atoms with Crippen LogP contribution in [-0.4, -0.2) is 15.0 Å². The van der Waals surface area contributed by atoms with Gasteiger partial charge in [-0.05, 0) is 24.5 Å². The Morgan fingerprint density at radius 2 is 1.59 bits per heavy atom. The van der Waals surface area contributed by atoms with Crippen molar-refractivity contribution in [1.29, 1.82) is 0 Å². The van der Waals surface area contributed by atoms with Crippen LogP contribution in [0.25, 0.3) is 11.3 Å². The van der Waals surface area contributed by atoms with E-state index in [2.05, 4.69) is 29.1 Å². The monoisotopic (exact) mass is 287 g/mol. The lowest BCUT2D eigenvalue weighted by atomic mass is 10.1. The van der Waals surface area contributed by atoms with E-state index in [9.17, 15) is 0 Å². The minimum Gasteiger partial charge on any atom is -0.236 e. The van der Waals surface area contributed by atoms with Crippen LogP contribution in [0.1, 0.15) is 24.6 Å². The summed E-state index contributed by atoms with van der Waals surface area (Å²) in [6.07, 6.45) is 0.998. The fourth-order valence-corrected chi connectivity index (χ4v) is 2.25. The molecule has 0 unspecified atom stereocenters. The molecule has 1 heterocycles. The van der Waals surface area contributed by atoms with Gasteiger partial charge in [0.15, 0.2) is 0 Å². The van der Waals surface area contributed by atoms with E-state index < -0.39 is 0 Å². The predicted octanol–water partition coefficient (Wildman–Crippen LogP) is 3.75. The Bertz CT molecular complexity index is 793. The number of benzene rings is 2. The van der Waals surface area contributed by atoms with E-state index >= 15 is 0 Å². The number of nitrogens with zero attached hydrogens (tertiary/aromatic N) is 3. The van der Waals surface area contributed by atoms with Gasteiger partial charge in [0.05, 0.1) is 0 Å². The van der Waals surface area contributed by atoms with Gasteiger partial charge in [0.1, 0.15) is 11.4 Å². The molecule has 0 aliphatic heterocycles. The van der Waals surface area contributed by atoms with Crippen LogP contribution < -0.4 is 0 Å². The molecule has 0 aliphatic rings. The number of aromatic nitrogens is 3. The van der Waals surface area contributed by atoms with Crippen molar-refractivity contribution in [2.75, 3.05) is 0 Å². The second kappa shape index (κ2) is 6.73. The molecule has 0 amide bonds. The van der Waals surface area contributed by atoms with Crippen molar-refractivity contribution in [3.63, 3.8) is 0 Å². The molecule has 3 heteroatoms. The molecule has 0 fully saturated rings. The smallest absolute Gasteiger partial charge is 0.139 e. The Morgan fingerprint density at radius 1 is 0.909 bits per heavy atom. The number of rotatable bonds is 3. The summed E-state index contributed by atoms with van der Waals surface area (Å²) < 4.78 is 1.89. The van der Waals surface area contributed by atoms with Crippen LogP contribution in [-0.2, 0) is 6.54 Å². The highest BCUT2D eigenvalue weighted by atomic mass is 15.4. The summed E-state index contributed by atoms with van der Waals surface area (Å²) in [6.45, 7) is 2.94. The van der Waals surface area contributed by atoms with E-state index in [-0.39, 0.29) is 0 Å². The van der Waals surface area contributed by atoms with Crippen molar-refractivity contribution in [2.24, 2.45) is 0 Å². The lowest BCUT2D eigenvalue weighted by Gasteiger charge is -2.01. The van der Waals surface area contributed by atoms with Crippen LogP contribution in [0.4, 0.5) is 0 Å². The zero-order valence-corrected chi connectivity index (χ0v) is 12.5. The van der Waals surface area contributed by atoms with Gasteiger partial charge in [-0.3, -0.25) is 0 Å². The third-order valence-corrected chi connectivity index (χ3v) is 3.32. The summed E-state index contributed by atoms with van der Waals surface area (Å²) >= 11 is 0. The molecule has 0 saturated carbocycles. The highest BCUT2D eigenvalue weighted by Crippen LogP contribution is 2.20. The van der Waals surface area contributed by atoms with E-state index in [0.717, 1.165) is 35.5 Å². The summed E-state index contributed by atoms with van der Waals surface area (Å²) in [4.78, 5) is 0. The quantitative estimate of drug-likeness (QED) is 0.687. The SMILES string of the molecule is CCCn1nnc(-c2ccccc2)c1C#Cc1ccccc1. The average molecular weight is 287 g/mol. The summed E-state index contributed by atoms with van der Waals surface area (Å²) in [7, 11) is 0. The van der Waals surface area contributed by atoms with Crippen LogP contribution >= 0.6 is 0 Å². The summed E-state index contributed by atoms with van der Waals surface area (Å²) in [5.74, 6) is 6.45. The Kier molecular flexibility index (Phi) is 4.31. The van der Waals surface area contributed by atoms with Crippen molar-refractivity contribution in [3.8, 4) is 23.1 Å². The second-order valence-electron chi connectivity index (χ2n) is 4.99. The van der Waals surface area contributed by atoms with E-state index in [1.807, 2.05) is 65.3 Å². The molecule has 3 nitrogen and oxygen atoms in total. The molecule has 1 aromatic heterocycles. The summed E-state index contributed by atoms with van der Waals surface area (Å²) in [5.41, 5.74) is 3.75. The first-order chi connectivity index (χ1) is 10.9. The molecular weight excluding hydrogens is 270 g/mol. The van der Waals surface area contributed by atoms with Crippen molar-refractivity contribution >= 4 is 0 Å². The molecule has 2 aromatic carbocycles. The Labute approximate surface area is 130 Å². The zero-order chi connectivity index (χ0) is 15.2.